The number of hydrogen-bond acceptors (Lipinski definition) is 3. The largest absolute Gasteiger partial charge is 0.317 e. The highest BCUT2D eigenvalue weighted by molar-refractivity contribution is 5.17. The SMILES string of the molecule is CN(Cc1ccccc1)C1(C#N)CCNCC1. The summed E-state index contributed by atoms with van der Waals surface area (Å²) in [6, 6.07) is 12.9. The van der Waals surface area contributed by atoms with Crippen LogP contribution in [0, 0.1) is 11.3 Å². The van der Waals surface area contributed by atoms with E-state index in [4.69, 9.17) is 0 Å². The lowest BCUT2D eigenvalue weighted by Crippen LogP contribution is -2.51. The highest BCUT2D eigenvalue weighted by Gasteiger charge is 2.35. The van der Waals surface area contributed by atoms with Crippen LogP contribution < -0.4 is 5.32 Å². The number of hydrogen-bond donors (Lipinski definition) is 1. The summed E-state index contributed by atoms with van der Waals surface area (Å²) < 4.78 is 0. The molecule has 0 saturated carbocycles. The fourth-order valence-corrected chi connectivity index (χ4v) is 2.43. The number of benzene rings is 1. The second kappa shape index (κ2) is 5.31. The molecule has 3 heteroatoms. The molecule has 3 nitrogen and oxygen atoms in total. The zero-order chi connectivity index (χ0) is 12.1. The van der Waals surface area contributed by atoms with E-state index in [1.165, 1.54) is 5.56 Å². The van der Waals surface area contributed by atoms with Crippen molar-refractivity contribution in [1.82, 2.24) is 10.2 Å². The zero-order valence-corrected chi connectivity index (χ0v) is 10.3. The molecule has 0 spiro atoms. The van der Waals surface area contributed by atoms with Crippen LogP contribution in [0.15, 0.2) is 30.3 Å². The molecular weight excluding hydrogens is 210 g/mol. The van der Waals surface area contributed by atoms with Crippen molar-refractivity contribution in [2.24, 2.45) is 0 Å². The van der Waals surface area contributed by atoms with E-state index in [-0.39, 0.29) is 5.54 Å². The summed E-state index contributed by atoms with van der Waals surface area (Å²) in [6.45, 7) is 2.72. The molecule has 1 aromatic carbocycles. The first-order valence-electron chi connectivity index (χ1n) is 6.14. The Morgan fingerprint density at radius 2 is 1.94 bits per heavy atom. The molecule has 90 valence electrons. The topological polar surface area (TPSA) is 39.1 Å². The molecule has 0 aliphatic carbocycles. The van der Waals surface area contributed by atoms with Crippen molar-refractivity contribution >= 4 is 0 Å². The summed E-state index contributed by atoms with van der Waals surface area (Å²) in [7, 11) is 2.06. The third-order valence-corrected chi connectivity index (χ3v) is 3.63. The van der Waals surface area contributed by atoms with Gasteiger partial charge in [-0.3, -0.25) is 4.90 Å². The highest BCUT2D eigenvalue weighted by Crippen LogP contribution is 2.25. The Hall–Kier alpha value is -1.37. The lowest BCUT2D eigenvalue weighted by atomic mass is 9.88. The normalized spacial score (nSPS) is 18.9. The van der Waals surface area contributed by atoms with Gasteiger partial charge in [0.25, 0.3) is 0 Å². The predicted molar refractivity (Wildman–Crippen MR) is 68.4 cm³/mol. The average Bonchev–Trinajstić information content (AvgIpc) is 2.40. The summed E-state index contributed by atoms with van der Waals surface area (Å²) in [5.74, 6) is 0. The number of piperidine rings is 1. The van der Waals surface area contributed by atoms with Crippen molar-refractivity contribution in [1.29, 1.82) is 5.26 Å². The van der Waals surface area contributed by atoms with E-state index in [0.717, 1.165) is 32.5 Å². The van der Waals surface area contributed by atoms with E-state index in [1.807, 2.05) is 18.2 Å². The molecule has 0 aromatic heterocycles. The molecule has 1 aromatic rings. The molecule has 1 N–H and O–H groups in total. The molecule has 0 atom stereocenters. The Morgan fingerprint density at radius 1 is 1.29 bits per heavy atom. The Labute approximate surface area is 103 Å². The van der Waals surface area contributed by atoms with Gasteiger partial charge in [0, 0.05) is 6.54 Å². The molecule has 1 aliphatic heterocycles. The van der Waals surface area contributed by atoms with Gasteiger partial charge in [-0.25, -0.2) is 0 Å². The van der Waals surface area contributed by atoms with Crippen LogP contribution in [-0.4, -0.2) is 30.6 Å². The van der Waals surface area contributed by atoms with Crippen molar-refractivity contribution in [2.45, 2.75) is 24.9 Å². The van der Waals surface area contributed by atoms with Crippen LogP contribution in [0.2, 0.25) is 0 Å². The van der Waals surface area contributed by atoms with Gasteiger partial charge in [-0.15, -0.1) is 0 Å². The van der Waals surface area contributed by atoms with Gasteiger partial charge < -0.3 is 5.32 Å². The average molecular weight is 229 g/mol. The second-order valence-electron chi connectivity index (χ2n) is 4.74. The molecule has 0 radical (unpaired) electrons. The minimum Gasteiger partial charge on any atom is -0.317 e. The minimum absolute atomic E-state index is 0.291. The Morgan fingerprint density at radius 3 is 2.53 bits per heavy atom. The first-order valence-corrected chi connectivity index (χ1v) is 6.14. The van der Waals surface area contributed by atoms with E-state index >= 15 is 0 Å². The van der Waals surface area contributed by atoms with Crippen LogP contribution in [0.1, 0.15) is 18.4 Å². The molecule has 0 unspecified atom stereocenters. The van der Waals surface area contributed by atoms with Crippen molar-refractivity contribution in [3.8, 4) is 6.07 Å². The number of nitrogens with zero attached hydrogens (tertiary/aromatic N) is 2. The van der Waals surface area contributed by atoms with Crippen LogP contribution in [0.3, 0.4) is 0 Å². The summed E-state index contributed by atoms with van der Waals surface area (Å²) in [5.41, 5.74) is 0.976. The second-order valence-corrected chi connectivity index (χ2v) is 4.74. The Balaban J connectivity index is 2.08. The van der Waals surface area contributed by atoms with Gasteiger partial charge in [0.1, 0.15) is 5.54 Å². The molecule has 1 aliphatic rings. The standard InChI is InChI=1S/C14H19N3/c1-17(11-13-5-3-2-4-6-13)14(12-15)7-9-16-10-8-14/h2-6,16H,7-11H2,1H3. The molecule has 1 heterocycles. The van der Waals surface area contributed by atoms with Crippen molar-refractivity contribution in [3.05, 3.63) is 35.9 Å². The van der Waals surface area contributed by atoms with E-state index in [1.54, 1.807) is 0 Å². The minimum atomic E-state index is -0.291. The maximum Gasteiger partial charge on any atom is 0.111 e. The van der Waals surface area contributed by atoms with Gasteiger partial charge in [0.15, 0.2) is 0 Å². The van der Waals surface area contributed by atoms with Crippen molar-refractivity contribution < 1.29 is 0 Å². The fourth-order valence-electron chi connectivity index (χ4n) is 2.43. The van der Waals surface area contributed by atoms with Crippen molar-refractivity contribution in [3.63, 3.8) is 0 Å². The van der Waals surface area contributed by atoms with E-state index in [9.17, 15) is 5.26 Å². The quantitative estimate of drug-likeness (QED) is 0.858. The molecule has 1 fully saturated rings. The van der Waals surface area contributed by atoms with E-state index < -0.39 is 0 Å². The highest BCUT2D eigenvalue weighted by atomic mass is 15.2. The van der Waals surface area contributed by atoms with Gasteiger partial charge in [-0.05, 0) is 38.5 Å². The van der Waals surface area contributed by atoms with Gasteiger partial charge in [0.2, 0.25) is 0 Å². The van der Waals surface area contributed by atoms with Gasteiger partial charge >= 0.3 is 0 Å². The molecule has 1 saturated heterocycles. The zero-order valence-electron chi connectivity index (χ0n) is 10.3. The molecule has 2 rings (SSSR count). The summed E-state index contributed by atoms with van der Waals surface area (Å²) in [5, 5.41) is 12.8. The van der Waals surface area contributed by atoms with Gasteiger partial charge in [0.05, 0.1) is 6.07 Å². The summed E-state index contributed by atoms with van der Waals surface area (Å²) in [6.07, 6.45) is 1.82. The van der Waals surface area contributed by atoms with Crippen LogP contribution in [0.25, 0.3) is 0 Å². The Kier molecular flexibility index (Phi) is 3.78. The molecular formula is C14H19N3. The lowest BCUT2D eigenvalue weighted by molar-refractivity contribution is 0.127. The third-order valence-electron chi connectivity index (χ3n) is 3.63. The van der Waals surface area contributed by atoms with Crippen LogP contribution in [0.5, 0.6) is 0 Å². The van der Waals surface area contributed by atoms with Gasteiger partial charge in [-0.1, -0.05) is 30.3 Å². The van der Waals surface area contributed by atoms with Gasteiger partial charge in [-0.2, -0.15) is 5.26 Å². The predicted octanol–water partition coefficient (Wildman–Crippen LogP) is 1.76. The maximum atomic E-state index is 9.47. The number of rotatable bonds is 3. The first kappa shape index (κ1) is 12.1. The smallest absolute Gasteiger partial charge is 0.111 e. The first-order chi connectivity index (χ1) is 8.27. The van der Waals surface area contributed by atoms with Crippen molar-refractivity contribution in [2.75, 3.05) is 20.1 Å². The molecule has 0 bridgehead atoms. The monoisotopic (exact) mass is 229 g/mol. The van der Waals surface area contributed by atoms with Crippen LogP contribution >= 0.6 is 0 Å². The van der Waals surface area contributed by atoms with Crippen LogP contribution in [0.4, 0.5) is 0 Å². The van der Waals surface area contributed by atoms with E-state index in [2.05, 4.69) is 35.5 Å². The van der Waals surface area contributed by atoms with E-state index in [0.29, 0.717) is 0 Å². The summed E-state index contributed by atoms with van der Waals surface area (Å²) in [4.78, 5) is 2.20. The summed E-state index contributed by atoms with van der Waals surface area (Å²) >= 11 is 0. The maximum absolute atomic E-state index is 9.47. The Bertz CT molecular complexity index is 388. The molecule has 0 amide bonds. The number of nitriles is 1. The number of nitrogens with one attached hydrogen (secondary N) is 1. The third kappa shape index (κ3) is 2.66. The molecule has 17 heavy (non-hydrogen) atoms. The van der Waals surface area contributed by atoms with Crippen LogP contribution in [-0.2, 0) is 6.54 Å². The fraction of sp³-hybridized carbons (Fsp3) is 0.500. The lowest BCUT2D eigenvalue weighted by Gasteiger charge is -2.39.